The van der Waals surface area contributed by atoms with Crippen LogP contribution in [0.25, 0.3) is 0 Å². The van der Waals surface area contributed by atoms with Gasteiger partial charge in [0.25, 0.3) is 0 Å². The first-order valence-corrected chi connectivity index (χ1v) is 3.79. The molecule has 0 radical (unpaired) electrons. The van der Waals surface area contributed by atoms with Crippen molar-refractivity contribution >= 4 is 15.9 Å². The summed E-state index contributed by atoms with van der Waals surface area (Å²) in [5.74, 6) is 0. The van der Waals surface area contributed by atoms with Crippen molar-refractivity contribution in [1.82, 2.24) is 0 Å². The topological polar surface area (TPSA) is 0 Å². The summed E-state index contributed by atoms with van der Waals surface area (Å²) in [5.41, 5.74) is 1.74. The van der Waals surface area contributed by atoms with E-state index in [4.69, 9.17) is 0 Å². The van der Waals surface area contributed by atoms with E-state index >= 15 is 0 Å². The maximum atomic E-state index is 3.91. The van der Waals surface area contributed by atoms with Crippen molar-refractivity contribution in [2.75, 3.05) is 0 Å². The summed E-state index contributed by atoms with van der Waals surface area (Å²) < 4.78 is 0. The maximum absolute atomic E-state index is 3.91. The van der Waals surface area contributed by atoms with Crippen LogP contribution in [-0.4, -0.2) is 4.83 Å². The van der Waals surface area contributed by atoms with Gasteiger partial charge in [0.1, 0.15) is 0 Å². The van der Waals surface area contributed by atoms with E-state index < -0.39 is 0 Å². The fourth-order valence-electron chi connectivity index (χ4n) is 0.755. The molecule has 0 nitrogen and oxygen atoms in total. The maximum Gasteiger partial charge on any atom is 0.0245 e. The molecule has 0 spiro atoms. The van der Waals surface area contributed by atoms with Crippen LogP contribution in [0.4, 0.5) is 0 Å². The lowest BCUT2D eigenvalue weighted by Crippen LogP contribution is -1.96. The van der Waals surface area contributed by atoms with Crippen LogP contribution >= 0.6 is 15.9 Å². The van der Waals surface area contributed by atoms with E-state index in [1.165, 1.54) is 12.0 Å². The highest BCUT2D eigenvalue weighted by atomic mass is 79.9. The van der Waals surface area contributed by atoms with Crippen LogP contribution in [0.15, 0.2) is 12.2 Å². The van der Waals surface area contributed by atoms with Gasteiger partial charge in [-0.2, -0.15) is 0 Å². The van der Waals surface area contributed by atoms with Crippen molar-refractivity contribution in [2.45, 2.75) is 25.1 Å². The molecule has 8 heavy (non-hydrogen) atoms. The van der Waals surface area contributed by atoms with E-state index in [0.29, 0.717) is 10.2 Å². The Labute approximate surface area is 59.1 Å². The second-order valence-electron chi connectivity index (χ2n) is 2.87. The lowest BCUT2D eigenvalue weighted by Gasteiger charge is -2.05. The zero-order valence-corrected chi connectivity index (χ0v) is 6.96. The Bertz CT molecular complexity index is 128. The van der Waals surface area contributed by atoms with Gasteiger partial charge in [-0.05, 0) is 13.3 Å². The molecule has 0 aromatic carbocycles. The normalized spacial score (nSPS) is 44.1. The molecule has 0 bridgehead atoms. The number of allylic oxidation sites excluding steroid dienone is 1. The molecule has 0 N–H and O–H groups in total. The van der Waals surface area contributed by atoms with Crippen LogP contribution in [0.3, 0.4) is 0 Å². The summed E-state index contributed by atoms with van der Waals surface area (Å²) in [6.45, 7) is 8.25. The molecule has 0 aromatic rings. The zero-order chi connectivity index (χ0) is 6.36. The molecule has 0 saturated heterocycles. The molecule has 1 saturated carbocycles. The third kappa shape index (κ3) is 0.732. The summed E-state index contributed by atoms with van der Waals surface area (Å²) in [4.78, 5) is 0.701. The molecule has 0 heterocycles. The first-order valence-electron chi connectivity index (χ1n) is 2.87. The van der Waals surface area contributed by atoms with Crippen molar-refractivity contribution in [1.29, 1.82) is 0 Å². The van der Waals surface area contributed by atoms with Crippen LogP contribution in [-0.2, 0) is 0 Å². The van der Waals surface area contributed by atoms with Gasteiger partial charge in [0.15, 0.2) is 0 Å². The first-order chi connectivity index (χ1) is 3.57. The van der Waals surface area contributed by atoms with Gasteiger partial charge in [-0.3, -0.25) is 0 Å². The molecule has 0 unspecified atom stereocenters. The fourth-order valence-corrected chi connectivity index (χ4v) is 1.82. The minimum Gasteiger partial charge on any atom is -0.0995 e. The largest absolute Gasteiger partial charge is 0.0995 e. The predicted molar refractivity (Wildman–Crippen MR) is 40.3 cm³/mol. The summed E-state index contributed by atoms with van der Waals surface area (Å²) in [6.07, 6.45) is 1.27. The van der Waals surface area contributed by atoms with Gasteiger partial charge in [0, 0.05) is 10.2 Å². The van der Waals surface area contributed by atoms with Gasteiger partial charge in [0.05, 0.1) is 0 Å². The monoisotopic (exact) mass is 174 g/mol. The molecule has 1 heteroatoms. The van der Waals surface area contributed by atoms with Gasteiger partial charge < -0.3 is 0 Å². The van der Waals surface area contributed by atoms with Crippen LogP contribution in [0.1, 0.15) is 20.3 Å². The molecule has 1 fully saturated rings. The summed E-state index contributed by atoms with van der Waals surface area (Å²) in [7, 11) is 0. The molecule has 0 amide bonds. The summed E-state index contributed by atoms with van der Waals surface area (Å²) in [6, 6.07) is 0. The molecule has 1 aliphatic rings. The van der Waals surface area contributed by atoms with Crippen molar-refractivity contribution in [3.63, 3.8) is 0 Å². The molecular formula is C7H11Br. The number of halogens is 1. The van der Waals surface area contributed by atoms with E-state index in [2.05, 4.69) is 36.4 Å². The SMILES string of the molecule is C=C(C)[C@@]1(C)C[C@H]1Br. The Hall–Kier alpha value is 0.220. The Kier molecular flexibility index (Phi) is 1.27. The average Bonchev–Trinajstić information content (AvgIpc) is 2.17. The minimum atomic E-state index is 0.431. The lowest BCUT2D eigenvalue weighted by atomic mass is 10.0. The average molecular weight is 175 g/mol. The second-order valence-corrected chi connectivity index (χ2v) is 3.97. The molecule has 2 atom stereocenters. The molecule has 0 aliphatic heterocycles. The van der Waals surface area contributed by atoms with Crippen LogP contribution in [0, 0.1) is 5.41 Å². The van der Waals surface area contributed by atoms with E-state index in [0.717, 1.165) is 0 Å². The fraction of sp³-hybridized carbons (Fsp3) is 0.714. The van der Waals surface area contributed by atoms with Crippen molar-refractivity contribution in [3.8, 4) is 0 Å². The second kappa shape index (κ2) is 1.60. The van der Waals surface area contributed by atoms with E-state index in [9.17, 15) is 0 Å². The van der Waals surface area contributed by atoms with Crippen LogP contribution in [0.5, 0.6) is 0 Å². The van der Waals surface area contributed by atoms with Crippen molar-refractivity contribution < 1.29 is 0 Å². The number of hydrogen-bond acceptors (Lipinski definition) is 0. The van der Waals surface area contributed by atoms with Gasteiger partial charge >= 0.3 is 0 Å². The molecule has 1 rings (SSSR count). The van der Waals surface area contributed by atoms with Crippen molar-refractivity contribution in [3.05, 3.63) is 12.2 Å². The third-order valence-corrected chi connectivity index (χ3v) is 3.44. The summed E-state index contributed by atoms with van der Waals surface area (Å²) in [5, 5.41) is 0. The highest BCUT2D eigenvalue weighted by molar-refractivity contribution is 9.09. The molecule has 1 aliphatic carbocycles. The Morgan fingerprint density at radius 2 is 2.25 bits per heavy atom. The van der Waals surface area contributed by atoms with Gasteiger partial charge in [-0.15, -0.1) is 0 Å². The van der Waals surface area contributed by atoms with Gasteiger partial charge in [0.2, 0.25) is 0 Å². The standard InChI is InChI=1S/C7H11Br/c1-5(2)7(3)4-6(7)8/h6H,1,4H2,2-3H3/t6-,7-/m1/s1. The number of hydrogen-bond donors (Lipinski definition) is 0. The molecular weight excluding hydrogens is 164 g/mol. The highest BCUT2D eigenvalue weighted by Gasteiger charge is 2.48. The smallest absolute Gasteiger partial charge is 0.0245 e. The minimum absolute atomic E-state index is 0.431. The summed E-state index contributed by atoms with van der Waals surface area (Å²) >= 11 is 3.54. The number of alkyl halides is 1. The Balaban J connectivity index is 2.60. The third-order valence-electron chi connectivity index (χ3n) is 2.11. The Morgan fingerprint density at radius 3 is 2.25 bits per heavy atom. The highest BCUT2D eigenvalue weighted by Crippen LogP contribution is 2.55. The zero-order valence-electron chi connectivity index (χ0n) is 5.37. The van der Waals surface area contributed by atoms with E-state index in [-0.39, 0.29) is 0 Å². The Morgan fingerprint density at radius 1 is 1.88 bits per heavy atom. The van der Waals surface area contributed by atoms with Gasteiger partial charge in [-0.25, -0.2) is 0 Å². The van der Waals surface area contributed by atoms with Crippen molar-refractivity contribution in [2.24, 2.45) is 5.41 Å². The van der Waals surface area contributed by atoms with E-state index in [1.807, 2.05) is 0 Å². The number of rotatable bonds is 1. The van der Waals surface area contributed by atoms with Crippen LogP contribution < -0.4 is 0 Å². The van der Waals surface area contributed by atoms with E-state index in [1.54, 1.807) is 0 Å². The van der Waals surface area contributed by atoms with Gasteiger partial charge in [-0.1, -0.05) is 35.0 Å². The van der Waals surface area contributed by atoms with Crippen LogP contribution in [0.2, 0.25) is 0 Å². The first kappa shape index (κ1) is 6.34. The quantitative estimate of drug-likeness (QED) is 0.424. The molecule has 46 valence electrons. The molecule has 0 aromatic heterocycles. The predicted octanol–water partition coefficient (Wildman–Crippen LogP) is 2.74. The lowest BCUT2D eigenvalue weighted by molar-refractivity contribution is 0.699.